The molecule has 2 rings (SSSR count). The maximum atomic E-state index is 5.34. The molecule has 0 aliphatic heterocycles. The number of benzene rings is 2. The van der Waals surface area contributed by atoms with Gasteiger partial charge in [0.05, 0.1) is 14.2 Å². The van der Waals surface area contributed by atoms with Crippen LogP contribution in [0.4, 0.5) is 11.4 Å². The van der Waals surface area contributed by atoms with Crippen LogP contribution in [-0.2, 0) is 0 Å². The highest BCUT2D eigenvalue weighted by molar-refractivity contribution is 7.80. The number of hydrogen-bond donors (Lipinski definition) is 2. The van der Waals surface area contributed by atoms with Crippen LogP contribution in [0, 0.1) is 13.8 Å². The second kappa shape index (κ2) is 7.13. The fourth-order valence-electron chi connectivity index (χ4n) is 2.03. The van der Waals surface area contributed by atoms with E-state index in [0.29, 0.717) is 16.6 Å². The van der Waals surface area contributed by atoms with Crippen molar-refractivity contribution in [2.75, 3.05) is 24.9 Å². The van der Waals surface area contributed by atoms with Gasteiger partial charge in [0.25, 0.3) is 0 Å². The lowest BCUT2D eigenvalue weighted by Crippen LogP contribution is -2.19. The lowest BCUT2D eigenvalue weighted by molar-refractivity contribution is 0.355. The predicted molar refractivity (Wildman–Crippen MR) is 95.3 cm³/mol. The molecule has 5 heteroatoms. The van der Waals surface area contributed by atoms with Gasteiger partial charge in [0.2, 0.25) is 0 Å². The first-order valence-corrected chi connectivity index (χ1v) is 7.31. The van der Waals surface area contributed by atoms with Crippen molar-refractivity contribution in [2.24, 2.45) is 0 Å². The van der Waals surface area contributed by atoms with E-state index in [0.717, 1.165) is 11.4 Å². The van der Waals surface area contributed by atoms with Gasteiger partial charge < -0.3 is 20.1 Å². The van der Waals surface area contributed by atoms with Crippen LogP contribution >= 0.6 is 12.2 Å². The zero-order valence-corrected chi connectivity index (χ0v) is 14.0. The molecule has 0 aliphatic rings. The molecule has 0 amide bonds. The largest absolute Gasteiger partial charge is 0.493 e. The number of ether oxygens (including phenoxy) is 2. The quantitative estimate of drug-likeness (QED) is 0.830. The van der Waals surface area contributed by atoms with Crippen molar-refractivity contribution >= 4 is 28.7 Å². The Kier molecular flexibility index (Phi) is 5.22. The number of rotatable bonds is 4. The van der Waals surface area contributed by atoms with Crippen molar-refractivity contribution in [2.45, 2.75) is 13.8 Å². The molecule has 0 fully saturated rings. The summed E-state index contributed by atoms with van der Waals surface area (Å²) in [7, 11) is 3.21. The van der Waals surface area contributed by atoms with E-state index in [-0.39, 0.29) is 0 Å². The maximum absolute atomic E-state index is 5.34. The van der Waals surface area contributed by atoms with Crippen LogP contribution in [0.5, 0.6) is 11.5 Å². The molecule has 116 valence electrons. The van der Waals surface area contributed by atoms with E-state index in [9.17, 15) is 0 Å². The molecular weight excluding hydrogens is 296 g/mol. The summed E-state index contributed by atoms with van der Waals surface area (Å²) in [6.45, 7) is 4.16. The number of aryl methyl sites for hydroxylation is 2. The third kappa shape index (κ3) is 3.89. The van der Waals surface area contributed by atoms with Crippen molar-refractivity contribution in [3.05, 3.63) is 47.5 Å². The van der Waals surface area contributed by atoms with Crippen LogP contribution in [0.3, 0.4) is 0 Å². The molecule has 4 nitrogen and oxygen atoms in total. The topological polar surface area (TPSA) is 42.5 Å². The van der Waals surface area contributed by atoms with E-state index in [4.69, 9.17) is 21.7 Å². The molecule has 0 bridgehead atoms. The molecule has 0 aliphatic carbocycles. The lowest BCUT2D eigenvalue weighted by atomic mass is 10.1. The minimum Gasteiger partial charge on any atom is -0.493 e. The number of anilines is 2. The molecule has 2 aromatic carbocycles. The Hall–Kier alpha value is -2.27. The first kappa shape index (κ1) is 16.1. The molecule has 0 unspecified atom stereocenters. The monoisotopic (exact) mass is 316 g/mol. The Bertz CT molecular complexity index is 686. The smallest absolute Gasteiger partial charge is 0.175 e. The molecule has 0 saturated heterocycles. The molecule has 2 aromatic rings. The van der Waals surface area contributed by atoms with Crippen molar-refractivity contribution in [1.82, 2.24) is 0 Å². The first-order valence-electron chi connectivity index (χ1n) is 6.90. The molecule has 0 radical (unpaired) electrons. The van der Waals surface area contributed by atoms with Crippen molar-refractivity contribution in [1.29, 1.82) is 0 Å². The SMILES string of the molecule is COc1ccc(NC(=S)Nc2ccc(C)c(C)c2)cc1OC. The summed E-state index contributed by atoms with van der Waals surface area (Å²) < 4.78 is 10.5. The van der Waals surface area contributed by atoms with Crippen LogP contribution < -0.4 is 20.1 Å². The molecule has 0 heterocycles. The highest BCUT2D eigenvalue weighted by Gasteiger charge is 2.06. The second-order valence-electron chi connectivity index (χ2n) is 4.95. The zero-order valence-electron chi connectivity index (χ0n) is 13.2. The molecule has 0 atom stereocenters. The summed E-state index contributed by atoms with van der Waals surface area (Å²) in [6.07, 6.45) is 0. The van der Waals surface area contributed by atoms with E-state index in [2.05, 4.69) is 36.6 Å². The van der Waals surface area contributed by atoms with Gasteiger partial charge in [-0.15, -0.1) is 0 Å². The van der Waals surface area contributed by atoms with Gasteiger partial charge in [-0.3, -0.25) is 0 Å². The Labute approximate surface area is 136 Å². The van der Waals surface area contributed by atoms with Gasteiger partial charge in [-0.05, 0) is 61.5 Å². The van der Waals surface area contributed by atoms with Crippen LogP contribution in [0.25, 0.3) is 0 Å². The minimum atomic E-state index is 0.524. The van der Waals surface area contributed by atoms with E-state index < -0.39 is 0 Å². The highest BCUT2D eigenvalue weighted by Crippen LogP contribution is 2.29. The van der Waals surface area contributed by atoms with Crippen LogP contribution in [0.15, 0.2) is 36.4 Å². The predicted octanol–water partition coefficient (Wildman–Crippen LogP) is 4.13. The standard InChI is InChI=1S/C17H20N2O2S/c1-11-5-6-13(9-12(11)2)18-17(22)19-14-7-8-15(20-3)16(10-14)21-4/h5-10H,1-4H3,(H2,18,19,22). The summed E-state index contributed by atoms with van der Waals surface area (Å²) in [5.41, 5.74) is 4.27. The van der Waals surface area contributed by atoms with Crippen molar-refractivity contribution in [3.8, 4) is 11.5 Å². The average molecular weight is 316 g/mol. The molecule has 0 saturated carbocycles. The molecular formula is C17H20N2O2S. The first-order chi connectivity index (χ1) is 10.5. The fraction of sp³-hybridized carbons (Fsp3) is 0.235. The van der Waals surface area contributed by atoms with E-state index >= 15 is 0 Å². The van der Waals surface area contributed by atoms with Gasteiger partial charge >= 0.3 is 0 Å². The van der Waals surface area contributed by atoms with Crippen LogP contribution in [0.1, 0.15) is 11.1 Å². The van der Waals surface area contributed by atoms with Crippen molar-refractivity contribution < 1.29 is 9.47 Å². The third-order valence-electron chi connectivity index (χ3n) is 3.41. The second-order valence-corrected chi connectivity index (χ2v) is 5.36. The fourth-order valence-corrected chi connectivity index (χ4v) is 2.26. The molecule has 0 aromatic heterocycles. The van der Waals surface area contributed by atoms with Crippen molar-refractivity contribution in [3.63, 3.8) is 0 Å². The summed E-state index contributed by atoms with van der Waals surface area (Å²) >= 11 is 5.34. The lowest BCUT2D eigenvalue weighted by Gasteiger charge is -2.14. The summed E-state index contributed by atoms with van der Waals surface area (Å²) in [5, 5.41) is 6.83. The number of nitrogens with one attached hydrogen (secondary N) is 2. The maximum Gasteiger partial charge on any atom is 0.175 e. The number of thiocarbonyl (C=S) groups is 1. The number of hydrogen-bond acceptors (Lipinski definition) is 3. The normalized spacial score (nSPS) is 10.0. The summed E-state index contributed by atoms with van der Waals surface area (Å²) in [4.78, 5) is 0. The Morgan fingerprint density at radius 1 is 0.818 bits per heavy atom. The molecule has 0 spiro atoms. The van der Waals surface area contributed by atoms with E-state index in [1.165, 1.54) is 11.1 Å². The van der Waals surface area contributed by atoms with Crippen LogP contribution in [-0.4, -0.2) is 19.3 Å². The van der Waals surface area contributed by atoms with E-state index in [1.807, 2.05) is 24.3 Å². The van der Waals surface area contributed by atoms with Crippen LogP contribution in [0.2, 0.25) is 0 Å². The van der Waals surface area contributed by atoms with E-state index in [1.54, 1.807) is 14.2 Å². The molecule has 22 heavy (non-hydrogen) atoms. The molecule has 2 N–H and O–H groups in total. The van der Waals surface area contributed by atoms with Gasteiger partial charge in [-0.25, -0.2) is 0 Å². The van der Waals surface area contributed by atoms with Gasteiger partial charge in [0.1, 0.15) is 0 Å². The zero-order chi connectivity index (χ0) is 16.1. The Morgan fingerprint density at radius 2 is 1.41 bits per heavy atom. The number of methoxy groups -OCH3 is 2. The third-order valence-corrected chi connectivity index (χ3v) is 3.61. The average Bonchev–Trinajstić information content (AvgIpc) is 2.50. The van der Waals surface area contributed by atoms with Gasteiger partial charge in [0, 0.05) is 17.4 Å². The Morgan fingerprint density at radius 3 is 2.00 bits per heavy atom. The van der Waals surface area contributed by atoms with Gasteiger partial charge in [0.15, 0.2) is 16.6 Å². The Balaban J connectivity index is 2.07. The highest BCUT2D eigenvalue weighted by atomic mass is 32.1. The minimum absolute atomic E-state index is 0.524. The van der Waals surface area contributed by atoms with Gasteiger partial charge in [-0.2, -0.15) is 0 Å². The summed E-state index contributed by atoms with van der Waals surface area (Å²) in [6, 6.07) is 11.7. The van der Waals surface area contributed by atoms with Gasteiger partial charge in [-0.1, -0.05) is 6.07 Å². The summed E-state index contributed by atoms with van der Waals surface area (Å²) in [5.74, 6) is 1.34.